The van der Waals surface area contributed by atoms with E-state index in [9.17, 15) is 13.6 Å². The van der Waals surface area contributed by atoms with Crippen molar-refractivity contribution in [2.24, 2.45) is 0 Å². The molecule has 2 rings (SSSR count). The summed E-state index contributed by atoms with van der Waals surface area (Å²) in [5, 5.41) is 10.3. The summed E-state index contributed by atoms with van der Waals surface area (Å²) in [6.07, 6.45) is 0. The number of carbonyl (C=O) groups is 1. The van der Waals surface area contributed by atoms with E-state index < -0.39 is 12.7 Å². The molecular weight excluding hydrogens is 268 g/mol. The smallest absolute Gasteiger partial charge is 0.387 e. The van der Waals surface area contributed by atoms with Gasteiger partial charge in [-0.1, -0.05) is 12.1 Å². The minimum absolute atomic E-state index is 0.0451. The molecule has 0 spiro atoms. The van der Waals surface area contributed by atoms with Gasteiger partial charge in [0.05, 0.1) is 0 Å². The second-order valence-corrected chi connectivity index (χ2v) is 4.69. The molecule has 20 heavy (non-hydrogen) atoms. The number of amides is 2. The van der Waals surface area contributed by atoms with Crippen molar-refractivity contribution in [1.29, 1.82) is 5.41 Å². The van der Waals surface area contributed by atoms with Gasteiger partial charge in [0.15, 0.2) is 0 Å². The molecule has 0 radical (unpaired) electrons. The molecule has 1 fully saturated rings. The van der Waals surface area contributed by atoms with Gasteiger partial charge in [0, 0.05) is 6.04 Å². The van der Waals surface area contributed by atoms with Gasteiger partial charge < -0.3 is 9.64 Å². The van der Waals surface area contributed by atoms with E-state index in [1.807, 2.05) is 13.8 Å². The number of carbonyl (C=O) groups excluding carboxylic acids is 1. The molecule has 108 valence electrons. The number of hydrogen-bond acceptors (Lipinski definition) is 3. The van der Waals surface area contributed by atoms with E-state index in [2.05, 4.69) is 10.1 Å². The molecule has 2 N–H and O–H groups in total. The molecule has 0 aromatic heterocycles. The minimum Gasteiger partial charge on any atom is -0.435 e. The molecule has 1 unspecified atom stereocenters. The van der Waals surface area contributed by atoms with Gasteiger partial charge in [0.1, 0.15) is 17.6 Å². The summed E-state index contributed by atoms with van der Waals surface area (Å²) in [5.74, 6) is 0.120. The van der Waals surface area contributed by atoms with E-state index >= 15 is 0 Å². The lowest BCUT2D eigenvalue weighted by Gasteiger charge is -2.26. The molecule has 1 atom stereocenters. The Morgan fingerprint density at radius 3 is 2.40 bits per heavy atom. The van der Waals surface area contributed by atoms with E-state index in [1.54, 1.807) is 12.1 Å². The van der Waals surface area contributed by atoms with E-state index in [1.165, 1.54) is 17.0 Å². The van der Waals surface area contributed by atoms with Crippen LogP contribution in [-0.4, -0.2) is 29.4 Å². The number of amidine groups is 1. The first-order valence-corrected chi connectivity index (χ1v) is 6.12. The lowest BCUT2D eigenvalue weighted by Crippen LogP contribution is -2.35. The first-order chi connectivity index (χ1) is 9.40. The normalized spacial score (nSPS) is 18.9. The Hall–Kier alpha value is -2.18. The van der Waals surface area contributed by atoms with Crippen LogP contribution in [0.15, 0.2) is 24.3 Å². The largest absolute Gasteiger partial charge is 0.435 e. The van der Waals surface area contributed by atoms with Gasteiger partial charge in [0.25, 0.3) is 0 Å². The average Bonchev–Trinajstić information content (AvgIpc) is 2.64. The number of nitrogens with one attached hydrogen (secondary N) is 2. The highest BCUT2D eigenvalue weighted by Crippen LogP contribution is 2.29. The monoisotopic (exact) mass is 283 g/mol. The highest BCUT2D eigenvalue weighted by atomic mass is 19.3. The molecular formula is C13H15F2N3O2. The summed E-state index contributed by atoms with van der Waals surface area (Å²) < 4.78 is 28.4. The fourth-order valence-corrected chi connectivity index (χ4v) is 2.20. The van der Waals surface area contributed by atoms with Crippen molar-refractivity contribution in [3.63, 3.8) is 0 Å². The van der Waals surface area contributed by atoms with Crippen LogP contribution < -0.4 is 10.1 Å². The Morgan fingerprint density at radius 2 is 1.90 bits per heavy atom. The predicted molar refractivity (Wildman–Crippen MR) is 69.0 cm³/mol. The van der Waals surface area contributed by atoms with Crippen LogP contribution in [0.1, 0.15) is 25.5 Å². The number of nitrogens with zero attached hydrogens (tertiary/aromatic N) is 1. The third-order valence-corrected chi connectivity index (χ3v) is 3.01. The summed E-state index contributed by atoms with van der Waals surface area (Å²) in [6.45, 7) is 0.819. The zero-order chi connectivity index (χ0) is 14.9. The zero-order valence-electron chi connectivity index (χ0n) is 11.1. The van der Waals surface area contributed by atoms with Crippen LogP contribution in [0, 0.1) is 5.41 Å². The second-order valence-electron chi connectivity index (χ2n) is 4.69. The van der Waals surface area contributed by atoms with E-state index in [0.29, 0.717) is 5.56 Å². The molecule has 7 heteroatoms. The van der Waals surface area contributed by atoms with Crippen LogP contribution in [0.4, 0.5) is 13.6 Å². The summed E-state index contributed by atoms with van der Waals surface area (Å²) in [4.78, 5) is 13.3. The summed E-state index contributed by atoms with van der Waals surface area (Å²) in [7, 11) is 0. The van der Waals surface area contributed by atoms with Crippen molar-refractivity contribution in [2.75, 3.05) is 0 Å². The standard InChI is InChI=1S/C13H15F2N3O2/c1-7(2)18-10(11(16)17-13(18)19)8-3-5-9(6-4-8)20-12(14)15/h3-7,10,12H,1-2H3,(H2,16,17,19). The van der Waals surface area contributed by atoms with Crippen molar-refractivity contribution >= 4 is 11.9 Å². The molecule has 1 aliphatic rings. The molecule has 2 amide bonds. The summed E-state index contributed by atoms with van der Waals surface area (Å²) >= 11 is 0. The molecule has 0 aliphatic carbocycles. The Bertz CT molecular complexity index is 517. The van der Waals surface area contributed by atoms with Gasteiger partial charge in [-0.2, -0.15) is 8.78 Å². The lowest BCUT2D eigenvalue weighted by molar-refractivity contribution is -0.0498. The number of halogens is 2. The van der Waals surface area contributed by atoms with E-state index in [-0.39, 0.29) is 23.7 Å². The maximum absolute atomic E-state index is 12.1. The van der Waals surface area contributed by atoms with Crippen LogP contribution in [0.25, 0.3) is 0 Å². The average molecular weight is 283 g/mol. The van der Waals surface area contributed by atoms with Gasteiger partial charge in [-0.05, 0) is 31.5 Å². The first kappa shape index (κ1) is 14.2. The third kappa shape index (κ3) is 2.71. The van der Waals surface area contributed by atoms with Crippen LogP contribution >= 0.6 is 0 Å². The zero-order valence-corrected chi connectivity index (χ0v) is 11.1. The maximum Gasteiger partial charge on any atom is 0.387 e. The number of urea groups is 1. The highest BCUT2D eigenvalue weighted by Gasteiger charge is 2.38. The maximum atomic E-state index is 12.1. The first-order valence-electron chi connectivity index (χ1n) is 6.12. The van der Waals surface area contributed by atoms with Crippen molar-refractivity contribution in [2.45, 2.75) is 32.5 Å². The summed E-state index contributed by atoms with van der Waals surface area (Å²) in [5.41, 5.74) is 0.670. The van der Waals surface area contributed by atoms with Crippen LogP contribution in [0.2, 0.25) is 0 Å². The minimum atomic E-state index is -2.87. The van der Waals surface area contributed by atoms with Crippen molar-refractivity contribution in [3.05, 3.63) is 29.8 Å². The topological polar surface area (TPSA) is 65.4 Å². The summed E-state index contributed by atoms with van der Waals surface area (Å²) in [6, 6.07) is 5.01. The molecule has 0 saturated carbocycles. The third-order valence-electron chi connectivity index (χ3n) is 3.01. The number of rotatable bonds is 4. The molecule has 1 heterocycles. The molecule has 1 aromatic rings. The molecule has 1 saturated heterocycles. The molecule has 0 bridgehead atoms. The van der Waals surface area contributed by atoms with Crippen LogP contribution in [-0.2, 0) is 0 Å². The number of ether oxygens (including phenoxy) is 1. The van der Waals surface area contributed by atoms with Gasteiger partial charge in [-0.3, -0.25) is 10.7 Å². The van der Waals surface area contributed by atoms with Crippen molar-refractivity contribution in [1.82, 2.24) is 10.2 Å². The van der Waals surface area contributed by atoms with E-state index in [0.717, 1.165) is 0 Å². The van der Waals surface area contributed by atoms with Crippen LogP contribution in [0.3, 0.4) is 0 Å². The Morgan fingerprint density at radius 1 is 1.30 bits per heavy atom. The SMILES string of the molecule is CC(C)N1C(=O)NC(=N)C1c1ccc(OC(F)F)cc1. The second kappa shape index (κ2) is 5.44. The van der Waals surface area contributed by atoms with Gasteiger partial charge in [-0.15, -0.1) is 0 Å². The fourth-order valence-electron chi connectivity index (χ4n) is 2.20. The quantitative estimate of drug-likeness (QED) is 0.892. The van der Waals surface area contributed by atoms with Crippen molar-refractivity contribution < 1.29 is 18.3 Å². The highest BCUT2D eigenvalue weighted by molar-refractivity contribution is 6.06. The van der Waals surface area contributed by atoms with Crippen LogP contribution in [0.5, 0.6) is 5.75 Å². The van der Waals surface area contributed by atoms with Crippen molar-refractivity contribution in [3.8, 4) is 5.75 Å². The lowest BCUT2D eigenvalue weighted by atomic mass is 10.0. The fraction of sp³-hybridized carbons (Fsp3) is 0.385. The molecule has 1 aromatic carbocycles. The molecule has 5 nitrogen and oxygen atoms in total. The Kier molecular flexibility index (Phi) is 3.87. The number of benzene rings is 1. The number of hydrogen-bond donors (Lipinski definition) is 2. The Labute approximate surface area is 115 Å². The van der Waals surface area contributed by atoms with Gasteiger partial charge >= 0.3 is 12.6 Å². The van der Waals surface area contributed by atoms with Gasteiger partial charge in [-0.25, -0.2) is 4.79 Å². The van der Waals surface area contributed by atoms with Gasteiger partial charge in [0.2, 0.25) is 0 Å². The Balaban J connectivity index is 2.25. The predicted octanol–water partition coefficient (Wildman–Crippen LogP) is 2.74. The molecule has 1 aliphatic heterocycles. The number of alkyl halides is 2. The van der Waals surface area contributed by atoms with E-state index in [4.69, 9.17) is 5.41 Å².